The summed E-state index contributed by atoms with van der Waals surface area (Å²) in [6.45, 7) is 4.10. The van der Waals surface area contributed by atoms with E-state index in [0.29, 0.717) is 11.3 Å². The number of nitrogens with zero attached hydrogens (tertiary/aromatic N) is 3. The molecule has 1 amide bonds. The highest BCUT2D eigenvalue weighted by atomic mass is 16.5. The number of methoxy groups -OCH3 is 1. The Balaban J connectivity index is 1.55. The molecule has 0 spiro atoms. The number of hydrogen-bond acceptors (Lipinski definition) is 4. The Morgan fingerprint density at radius 2 is 1.67 bits per heavy atom. The molecule has 0 aliphatic carbocycles. The number of aromatic nitrogens is 1. The van der Waals surface area contributed by atoms with Gasteiger partial charge in [0, 0.05) is 42.4 Å². The van der Waals surface area contributed by atoms with Gasteiger partial charge in [0.25, 0.3) is 5.91 Å². The molecule has 0 saturated heterocycles. The minimum absolute atomic E-state index is 0.318. The number of hydrazone groups is 1. The summed E-state index contributed by atoms with van der Waals surface area (Å²) in [5.41, 5.74) is 8.39. The van der Waals surface area contributed by atoms with E-state index in [1.807, 2.05) is 57.4 Å². The van der Waals surface area contributed by atoms with Crippen LogP contribution >= 0.6 is 0 Å². The number of nitrogens with one attached hydrogen (secondary N) is 1. The lowest BCUT2D eigenvalue weighted by molar-refractivity contribution is 0.0952. The van der Waals surface area contributed by atoms with E-state index >= 15 is 0 Å². The first kappa shape index (κ1) is 22.1. The van der Waals surface area contributed by atoms with E-state index in [1.54, 1.807) is 13.3 Å². The van der Waals surface area contributed by atoms with Crippen molar-refractivity contribution in [1.82, 2.24) is 9.99 Å². The maximum absolute atomic E-state index is 12.8. The number of hydrogen-bond donors (Lipinski definition) is 1. The number of aryl methyl sites for hydroxylation is 1. The quantitative estimate of drug-likeness (QED) is 0.336. The van der Waals surface area contributed by atoms with Crippen LogP contribution in [0.2, 0.25) is 0 Å². The average molecular weight is 441 g/mol. The van der Waals surface area contributed by atoms with Crippen molar-refractivity contribution in [2.24, 2.45) is 5.10 Å². The number of fused-ring (bicyclic) bond motifs is 1. The fourth-order valence-corrected chi connectivity index (χ4v) is 4.00. The maximum atomic E-state index is 12.8. The van der Waals surface area contributed by atoms with Crippen molar-refractivity contribution >= 4 is 28.6 Å². The monoisotopic (exact) mass is 440 g/mol. The molecule has 1 heterocycles. The highest BCUT2D eigenvalue weighted by molar-refractivity contribution is 6.02. The highest BCUT2D eigenvalue weighted by Gasteiger charge is 2.14. The van der Waals surface area contributed by atoms with Gasteiger partial charge in [-0.3, -0.25) is 4.79 Å². The highest BCUT2D eigenvalue weighted by Crippen LogP contribution is 2.26. The van der Waals surface area contributed by atoms with E-state index < -0.39 is 0 Å². The molecule has 168 valence electrons. The zero-order chi connectivity index (χ0) is 23.5. The molecule has 0 fully saturated rings. The summed E-state index contributed by atoms with van der Waals surface area (Å²) in [5.74, 6) is 0.197. The molecule has 0 atom stereocenters. The van der Waals surface area contributed by atoms with Crippen molar-refractivity contribution in [2.45, 2.75) is 13.8 Å². The van der Waals surface area contributed by atoms with Gasteiger partial charge in [-0.25, -0.2) is 5.43 Å². The van der Waals surface area contributed by atoms with Crippen LogP contribution < -0.4 is 15.1 Å². The molecule has 4 rings (SSSR count). The first-order valence-corrected chi connectivity index (χ1v) is 10.8. The third-order valence-corrected chi connectivity index (χ3v) is 5.78. The molecule has 0 radical (unpaired) electrons. The first-order valence-electron chi connectivity index (χ1n) is 10.8. The predicted molar refractivity (Wildman–Crippen MR) is 135 cm³/mol. The van der Waals surface area contributed by atoms with Crippen LogP contribution in [0.15, 0.2) is 71.8 Å². The molecule has 1 aromatic heterocycles. The van der Waals surface area contributed by atoms with Gasteiger partial charge in [0.2, 0.25) is 0 Å². The summed E-state index contributed by atoms with van der Waals surface area (Å²) in [4.78, 5) is 14.9. The van der Waals surface area contributed by atoms with Gasteiger partial charge in [0.05, 0.1) is 18.9 Å². The van der Waals surface area contributed by atoms with Gasteiger partial charge in [0.1, 0.15) is 5.75 Å². The number of ether oxygens (including phenoxy) is 1. The van der Waals surface area contributed by atoms with Crippen LogP contribution in [-0.2, 0) is 0 Å². The fourth-order valence-electron chi connectivity index (χ4n) is 4.00. The third-order valence-electron chi connectivity index (χ3n) is 5.78. The second kappa shape index (κ2) is 9.20. The van der Waals surface area contributed by atoms with Crippen LogP contribution in [0.3, 0.4) is 0 Å². The van der Waals surface area contributed by atoms with Crippen molar-refractivity contribution in [2.75, 3.05) is 26.1 Å². The molecule has 1 N–H and O–H groups in total. The Morgan fingerprint density at radius 3 is 2.30 bits per heavy atom. The molecular weight excluding hydrogens is 412 g/mol. The largest absolute Gasteiger partial charge is 0.496 e. The van der Waals surface area contributed by atoms with Gasteiger partial charge in [-0.05, 0) is 67.1 Å². The summed E-state index contributed by atoms with van der Waals surface area (Å²) in [6, 6.07) is 22.0. The van der Waals surface area contributed by atoms with E-state index in [-0.39, 0.29) is 5.91 Å². The zero-order valence-electron chi connectivity index (χ0n) is 19.6. The molecular formula is C27H28N4O2. The summed E-state index contributed by atoms with van der Waals surface area (Å²) >= 11 is 0. The Hall–Kier alpha value is -4.06. The lowest BCUT2D eigenvalue weighted by atomic mass is 10.1. The van der Waals surface area contributed by atoms with Crippen molar-refractivity contribution in [1.29, 1.82) is 0 Å². The fraction of sp³-hybridized carbons (Fsp3) is 0.185. The van der Waals surface area contributed by atoms with Crippen molar-refractivity contribution in [3.05, 3.63) is 89.2 Å². The standard InChI is InChI=1S/C27H28N4O2/c1-18-14-22(19(2)31(18)24-12-10-23(11-13-24)30(3)4)17-28-29-27(32)25-15-20-8-6-7-9-21(20)16-26(25)33-5/h6-17H,1-5H3,(H,29,32). The molecule has 0 aliphatic rings. The van der Waals surface area contributed by atoms with Crippen LogP contribution in [0.5, 0.6) is 5.75 Å². The summed E-state index contributed by atoms with van der Waals surface area (Å²) in [5, 5.41) is 6.20. The van der Waals surface area contributed by atoms with Gasteiger partial charge in [-0.15, -0.1) is 0 Å². The molecule has 4 aromatic rings. The van der Waals surface area contributed by atoms with Crippen LogP contribution in [0.4, 0.5) is 5.69 Å². The van der Waals surface area contributed by atoms with E-state index in [4.69, 9.17) is 4.74 Å². The number of carbonyl (C=O) groups is 1. The van der Waals surface area contributed by atoms with Crippen LogP contribution in [0.25, 0.3) is 16.5 Å². The van der Waals surface area contributed by atoms with Crippen LogP contribution in [0, 0.1) is 13.8 Å². The molecule has 0 saturated carbocycles. The lowest BCUT2D eigenvalue weighted by Gasteiger charge is -2.14. The molecule has 33 heavy (non-hydrogen) atoms. The van der Waals surface area contributed by atoms with E-state index in [9.17, 15) is 4.79 Å². The molecule has 6 heteroatoms. The van der Waals surface area contributed by atoms with Gasteiger partial charge < -0.3 is 14.2 Å². The number of amides is 1. The van der Waals surface area contributed by atoms with E-state index in [1.165, 1.54) is 0 Å². The Labute approximate surface area is 194 Å². The first-order chi connectivity index (χ1) is 15.9. The van der Waals surface area contributed by atoms with Crippen molar-refractivity contribution < 1.29 is 9.53 Å². The summed E-state index contributed by atoms with van der Waals surface area (Å²) in [7, 11) is 5.61. The minimum atomic E-state index is -0.318. The lowest BCUT2D eigenvalue weighted by Crippen LogP contribution is -2.18. The third kappa shape index (κ3) is 4.46. The molecule has 0 aliphatic heterocycles. The topological polar surface area (TPSA) is 58.9 Å². The maximum Gasteiger partial charge on any atom is 0.275 e. The Morgan fingerprint density at radius 1 is 1.00 bits per heavy atom. The molecule has 6 nitrogen and oxygen atoms in total. The zero-order valence-corrected chi connectivity index (χ0v) is 19.6. The second-order valence-electron chi connectivity index (χ2n) is 8.17. The number of anilines is 1. The molecule has 0 unspecified atom stereocenters. The Bertz CT molecular complexity index is 1330. The second-order valence-corrected chi connectivity index (χ2v) is 8.17. The predicted octanol–water partition coefficient (Wildman–Crippen LogP) is 5.09. The summed E-state index contributed by atoms with van der Waals surface area (Å²) in [6.07, 6.45) is 1.68. The van der Waals surface area contributed by atoms with E-state index in [0.717, 1.165) is 39.1 Å². The minimum Gasteiger partial charge on any atom is -0.496 e. The van der Waals surface area contributed by atoms with Crippen molar-refractivity contribution in [3.8, 4) is 11.4 Å². The van der Waals surface area contributed by atoms with Crippen LogP contribution in [-0.4, -0.2) is 37.9 Å². The van der Waals surface area contributed by atoms with Crippen LogP contribution in [0.1, 0.15) is 27.3 Å². The number of carbonyl (C=O) groups excluding carboxylic acids is 1. The molecule has 3 aromatic carbocycles. The normalized spacial score (nSPS) is 11.2. The van der Waals surface area contributed by atoms with Crippen molar-refractivity contribution in [3.63, 3.8) is 0 Å². The number of rotatable bonds is 6. The Kier molecular flexibility index (Phi) is 6.18. The average Bonchev–Trinajstić information content (AvgIpc) is 3.10. The smallest absolute Gasteiger partial charge is 0.275 e. The van der Waals surface area contributed by atoms with Gasteiger partial charge in [0.15, 0.2) is 0 Å². The van der Waals surface area contributed by atoms with Gasteiger partial charge in [-0.1, -0.05) is 24.3 Å². The van der Waals surface area contributed by atoms with E-state index in [2.05, 4.69) is 57.2 Å². The summed E-state index contributed by atoms with van der Waals surface area (Å²) < 4.78 is 7.61. The SMILES string of the molecule is COc1cc2ccccc2cc1C(=O)NN=Cc1cc(C)n(-c2ccc(N(C)C)cc2)c1C. The van der Waals surface area contributed by atoms with Gasteiger partial charge >= 0.3 is 0 Å². The number of benzene rings is 3. The molecule has 0 bridgehead atoms. The van der Waals surface area contributed by atoms with Gasteiger partial charge in [-0.2, -0.15) is 5.10 Å².